The van der Waals surface area contributed by atoms with Gasteiger partial charge in [-0.05, 0) is 54.7 Å². The van der Waals surface area contributed by atoms with Crippen LogP contribution in [0.1, 0.15) is 31.2 Å². The predicted molar refractivity (Wildman–Crippen MR) is 76.5 cm³/mol. The molecule has 3 nitrogen and oxygen atoms in total. The number of benzene rings is 1. The summed E-state index contributed by atoms with van der Waals surface area (Å²) < 4.78 is 0. The minimum Gasteiger partial charge on any atom is -0.399 e. The second-order valence-corrected chi connectivity index (χ2v) is 6.16. The third-order valence-electron chi connectivity index (χ3n) is 4.76. The van der Waals surface area contributed by atoms with Crippen LogP contribution < -0.4 is 11.1 Å². The van der Waals surface area contributed by atoms with Crippen molar-refractivity contribution in [3.05, 3.63) is 29.8 Å². The molecular weight excluding hydrogens is 236 g/mol. The molecule has 0 aliphatic heterocycles. The van der Waals surface area contributed by atoms with E-state index >= 15 is 0 Å². The van der Waals surface area contributed by atoms with Crippen molar-refractivity contribution in [3.63, 3.8) is 0 Å². The van der Waals surface area contributed by atoms with Crippen LogP contribution in [0.3, 0.4) is 0 Å². The second-order valence-electron chi connectivity index (χ2n) is 6.16. The number of fused-ring (bicyclic) bond motifs is 2. The zero-order valence-corrected chi connectivity index (χ0v) is 11.3. The van der Waals surface area contributed by atoms with Crippen LogP contribution in [0.5, 0.6) is 0 Å². The summed E-state index contributed by atoms with van der Waals surface area (Å²) in [5, 5.41) is 3.10. The SMILES string of the molecule is Nc1cccc(CC(=O)NCC2CC3CCC2C3)c1. The lowest BCUT2D eigenvalue weighted by molar-refractivity contribution is -0.120. The third-order valence-corrected chi connectivity index (χ3v) is 4.76. The molecule has 2 bridgehead atoms. The predicted octanol–water partition coefficient (Wildman–Crippen LogP) is 2.36. The molecule has 0 spiro atoms. The Morgan fingerprint density at radius 3 is 2.89 bits per heavy atom. The minimum atomic E-state index is 0.119. The summed E-state index contributed by atoms with van der Waals surface area (Å²) in [6.45, 7) is 0.863. The first-order chi connectivity index (χ1) is 9.20. The van der Waals surface area contributed by atoms with Gasteiger partial charge in [0.2, 0.25) is 5.91 Å². The fourth-order valence-corrected chi connectivity index (χ4v) is 3.82. The highest BCUT2D eigenvalue weighted by Crippen LogP contribution is 2.47. The normalized spacial score (nSPS) is 28.5. The van der Waals surface area contributed by atoms with Gasteiger partial charge >= 0.3 is 0 Å². The highest BCUT2D eigenvalue weighted by Gasteiger charge is 2.39. The summed E-state index contributed by atoms with van der Waals surface area (Å²) >= 11 is 0. The van der Waals surface area contributed by atoms with Crippen LogP contribution in [0, 0.1) is 17.8 Å². The molecule has 1 aromatic rings. The van der Waals surface area contributed by atoms with E-state index in [4.69, 9.17) is 5.73 Å². The maximum absolute atomic E-state index is 11.9. The van der Waals surface area contributed by atoms with Gasteiger partial charge in [0.25, 0.3) is 0 Å². The van der Waals surface area contributed by atoms with Crippen LogP contribution in [0.2, 0.25) is 0 Å². The molecule has 19 heavy (non-hydrogen) atoms. The molecule has 3 rings (SSSR count). The van der Waals surface area contributed by atoms with Crippen molar-refractivity contribution in [3.8, 4) is 0 Å². The van der Waals surface area contributed by atoms with Gasteiger partial charge in [0.1, 0.15) is 0 Å². The zero-order chi connectivity index (χ0) is 13.2. The van der Waals surface area contributed by atoms with Gasteiger partial charge < -0.3 is 11.1 Å². The quantitative estimate of drug-likeness (QED) is 0.815. The minimum absolute atomic E-state index is 0.119. The molecule has 3 atom stereocenters. The molecule has 3 unspecified atom stereocenters. The number of carbonyl (C=O) groups is 1. The molecule has 2 fully saturated rings. The maximum Gasteiger partial charge on any atom is 0.224 e. The fourth-order valence-electron chi connectivity index (χ4n) is 3.82. The van der Waals surface area contributed by atoms with Crippen LogP contribution in [0.25, 0.3) is 0 Å². The van der Waals surface area contributed by atoms with Gasteiger partial charge in [-0.15, -0.1) is 0 Å². The Kier molecular flexibility index (Phi) is 3.45. The molecule has 2 aliphatic carbocycles. The van der Waals surface area contributed by atoms with E-state index in [1.807, 2.05) is 24.3 Å². The summed E-state index contributed by atoms with van der Waals surface area (Å²) in [6.07, 6.45) is 5.95. The number of hydrogen-bond donors (Lipinski definition) is 2. The Morgan fingerprint density at radius 1 is 1.32 bits per heavy atom. The molecule has 2 saturated carbocycles. The largest absolute Gasteiger partial charge is 0.399 e. The summed E-state index contributed by atoms with van der Waals surface area (Å²) in [5.41, 5.74) is 7.43. The van der Waals surface area contributed by atoms with Gasteiger partial charge in [-0.2, -0.15) is 0 Å². The van der Waals surface area contributed by atoms with Gasteiger partial charge in [-0.25, -0.2) is 0 Å². The van der Waals surface area contributed by atoms with E-state index in [1.165, 1.54) is 25.7 Å². The van der Waals surface area contributed by atoms with E-state index in [0.717, 1.165) is 35.5 Å². The lowest BCUT2D eigenvalue weighted by atomic mass is 9.89. The van der Waals surface area contributed by atoms with Crippen LogP contribution in [0.15, 0.2) is 24.3 Å². The Balaban J connectivity index is 1.47. The molecule has 1 aromatic carbocycles. The molecule has 0 heterocycles. The molecule has 0 aromatic heterocycles. The average Bonchev–Trinajstić information content (AvgIpc) is 2.98. The van der Waals surface area contributed by atoms with E-state index in [1.54, 1.807) is 0 Å². The van der Waals surface area contributed by atoms with E-state index in [9.17, 15) is 4.79 Å². The Morgan fingerprint density at radius 2 is 2.21 bits per heavy atom. The lowest BCUT2D eigenvalue weighted by Crippen LogP contribution is -2.32. The Hall–Kier alpha value is -1.51. The lowest BCUT2D eigenvalue weighted by Gasteiger charge is -2.21. The van der Waals surface area contributed by atoms with Crippen molar-refractivity contribution in [2.75, 3.05) is 12.3 Å². The molecule has 3 N–H and O–H groups in total. The van der Waals surface area contributed by atoms with E-state index in [2.05, 4.69) is 5.32 Å². The smallest absolute Gasteiger partial charge is 0.224 e. The summed E-state index contributed by atoms with van der Waals surface area (Å²) in [4.78, 5) is 11.9. The first-order valence-corrected chi connectivity index (χ1v) is 7.32. The molecular formula is C16H22N2O. The first-order valence-electron chi connectivity index (χ1n) is 7.32. The van der Waals surface area contributed by atoms with Crippen molar-refractivity contribution in [1.29, 1.82) is 0 Å². The maximum atomic E-state index is 11.9. The standard InChI is InChI=1S/C16H22N2O/c17-15-3-1-2-11(8-15)9-16(19)18-10-14-7-12-4-5-13(14)6-12/h1-3,8,12-14H,4-7,9-10,17H2,(H,18,19). The van der Waals surface area contributed by atoms with Crippen molar-refractivity contribution in [2.24, 2.45) is 17.8 Å². The highest BCUT2D eigenvalue weighted by molar-refractivity contribution is 5.78. The number of nitrogen functional groups attached to an aromatic ring is 1. The van der Waals surface area contributed by atoms with Crippen molar-refractivity contribution >= 4 is 11.6 Å². The molecule has 0 radical (unpaired) electrons. The van der Waals surface area contributed by atoms with Crippen molar-refractivity contribution in [1.82, 2.24) is 5.32 Å². The van der Waals surface area contributed by atoms with Crippen LogP contribution in [-0.2, 0) is 11.2 Å². The molecule has 0 saturated heterocycles. The average molecular weight is 258 g/mol. The molecule has 2 aliphatic rings. The number of carbonyl (C=O) groups excluding carboxylic acids is 1. The molecule has 3 heteroatoms. The van der Waals surface area contributed by atoms with Crippen molar-refractivity contribution < 1.29 is 4.79 Å². The first kappa shape index (κ1) is 12.5. The van der Waals surface area contributed by atoms with Gasteiger partial charge in [0.15, 0.2) is 0 Å². The number of nitrogens with two attached hydrogens (primary N) is 1. The number of nitrogens with one attached hydrogen (secondary N) is 1. The van der Waals surface area contributed by atoms with Gasteiger partial charge in [0, 0.05) is 12.2 Å². The number of anilines is 1. The monoisotopic (exact) mass is 258 g/mol. The topological polar surface area (TPSA) is 55.1 Å². The summed E-state index contributed by atoms with van der Waals surface area (Å²) in [5.74, 6) is 2.66. The van der Waals surface area contributed by atoms with E-state index in [-0.39, 0.29) is 5.91 Å². The third kappa shape index (κ3) is 2.91. The molecule has 102 valence electrons. The number of amides is 1. The van der Waals surface area contributed by atoms with E-state index in [0.29, 0.717) is 6.42 Å². The van der Waals surface area contributed by atoms with Gasteiger partial charge in [-0.3, -0.25) is 4.79 Å². The van der Waals surface area contributed by atoms with Gasteiger partial charge in [-0.1, -0.05) is 18.6 Å². The Bertz CT molecular complexity index is 472. The second kappa shape index (κ2) is 5.24. The van der Waals surface area contributed by atoms with E-state index < -0.39 is 0 Å². The fraction of sp³-hybridized carbons (Fsp3) is 0.562. The van der Waals surface area contributed by atoms with Crippen molar-refractivity contribution in [2.45, 2.75) is 32.1 Å². The van der Waals surface area contributed by atoms with Crippen LogP contribution >= 0.6 is 0 Å². The Labute approximate surface area is 114 Å². The molecule has 1 amide bonds. The summed E-state index contributed by atoms with van der Waals surface area (Å²) in [6, 6.07) is 7.56. The van der Waals surface area contributed by atoms with Crippen LogP contribution in [0.4, 0.5) is 5.69 Å². The number of hydrogen-bond acceptors (Lipinski definition) is 2. The highest BCUT2D eigenvalue weighted by atomic mass is 16.1. The van der Waals surface area contributed by atoms with Gasteiger partial charge in [0.05, 0.1) is 6.42 Å². The zero-order valence-electron chi connectivity index (χ0n) is 11.3. The number of rotatable bonds is 4. The van der Waals surface area contributed by atoms with Crippen LogP contribution in [-0.4, -0.2) is 12.5 Å². The summed E-state index contributed by atoms with van der Waals surface area (Å²) in [7, 11) is 0.